The number of ether oxygens (including phenoxy) is 1. The lowest BCUT2D eigenvalue weighted by atomic mass is 9.90. The average Bonchev–Trinajstić information content (AvgIpc) is 3.04. The fourth-order valence-corrected chi connectivity index (χ4v) is 5.07. The fourth-order valence-electron chi connectivity index (χ4n) is 5.07. The van der Waals surface area contributed by atoms with E-state index in [2.05, 4.69) is 41.9 Å². The van der Waals surface area contributed by atoms with Gasteiger partial charge in [-0.3, -0.25) is 4.57 Å². The van der Waals surface area contributed by atoms with Gasteiger partial charge in [0.1, 0.15) is 0 Å². The van der Waals surface area contributed by atoms with Crippen molar-refractivity contribution in [1.82, 2.24) is 14.5 Å². The van der Waals surface area contributed by atoms with Gasteiger partial charge in [0.05, 0.1) is 17.1 Å². The minimum absolute atomic E-state index is 0.0499. The van der Waals surface area contributed by atoms with Crippen LogP contribution in [0, 0.1) is 0 Å². The van der Waals surface area contributed by atoms with E-state index in [-0.39, 0.29) is 5.69 Å². The van der Waals surface area contributed by atoms with Crippen molar-refractivity contribution in [3.05, 3.63) is 34.2 Å². The third kappa shape index (κ3) is 3.85. The molecule has 148 valence electrons. The average molecular weight is 372 g/mol. The van der Waals surface area contributed by atoms with Crippen molar-refractivity contribution in [2.45, 2.75) is 77.0 Å². The van der Waals surface area contributed by atoms with Gasteiger partial charge in [-0.1, -0.05) is 13.0 Å². The van der Waals surface area contributed by atoms with Crippen LogP contribution in [-0.2, 0) is 11.2 Å². The Bertz CT molecular complexity index is 809. The highest BCUT2D eigenvalue weighted by Gasteiger charge is 2.30. The lowest BCUT2D eigenvalue weighted by Crippen LogP contribution is -2.45. The number of benzene rings is 1. The molecule has 0 amide bonds. The molecule has 0 atom stereocenters. The van der Waals surface area contributed by atoms with Crippen LogP contribution in [0.3, 0.4) is 0 Å². The predicted octanol–water partition coefficient (Wildman–Crippen LogP) is 3.88. The summed E-state index contributed by atoms with van der Waals surface area (Å²) in [5, 5.41) is 0. The number of aromatic amines is 1. The van der Waals surface area contributed by atoms with Crippen LogP contribution in [0.5, 0.6) is 0 Å². The normalized spacial score (nSPS) is 25.3. The molecule has 1 N–H and O–H groups in total. The summed E-state index contributed by atoms with van der Waals surface area (Å²) in [4.78, 5) is 18.3. The monoisotopic (exact) mass is 371 g/mol. The molecule has 1 saturated carbocycles. The van der Waals surface area contributed by atoms with Gasteiger partial charge in [-0.25, -0.2) is 4.79 Å². The van der Waals surface area contributed by atoms with E-state index in [4.69, 9.17) is 4.74 Å². The molecule has 2 heterocycles. The molecule has 2 fully saturated rings. The number of hydrogen-bond donors (Lipinski definition) is 1. The molecule has 0 radical (unpaired) electrons. The molecule has 5 nitrogen and oxygen atoms in total. The van der Waals surface area contributed by atoms with E-state index in [1.165, 1.54) is 31.2 Å². The second-order valence-corrected chi connectivity index (χ2v) is 8.16. The first-order valence-electron chi connectivity index (χ1n) is 10.8. The molecular formula is C22H33N3O2. The van der Waals surface area contributed by atoms with Gasteiger partial charge in [-0.05, 0) is 69.6 Å². The highest BCUT2D eigenvalue weighted by atomic mass is 16.5. The maximum absolute atomic E-state index is 12.6. The highest BCUT2D eigenvalue weighted by molar-refractivity contribution is 5.76. The number of nitrogens with zero attached hydrogens (tertiary/aromatic N) is 2. The zero-order valence-corrected chi connectivity index (χ0v) is 16.7. The zero-order chi connectivity index (χ0) is 18.8. The molecule has 0 spiro atoms. The quantitative estimate of drug-likeness (QED) is 0.868. The van der Waals surface area contributed by atoms with Crippen molar-refractivity contribution in [3.63, 3.8) is 0 Å². The molecule has 1 saturated heterocycles. The molecule has 1 aromatic carbocycles. The molecular weight excluding hydrogens is 338 g/mol. The Balaban J connectivity index is 1.42. The van der Waals surface area contributed by atoms with Crippen LogP contribution in [0.25, 0.3) is 11.0 Å². The number of H-pyrrole nitrogens is 1. The molecule has 0 bridgehead atoms. The van der Waals surface area contributed by atoms with Gasteiger partial charge in [0, 0.05) is 31.8 Å². The Morgan fingerprint density at radius 3 is 2.44 bits per heavy atom. The SMILES string of the molecule is CCOC1CCC(N2CCC(n3c(=O)[nH]c4ccc(CC)cc43)CC2)CC1. The number of hydrogen-bond acceptors (Lipinski definition) is 3. The number of imidazole rings is 1. The van der Waals surface area contributed by atoms with Crippen molar-refractivity contribution in [3.8, 4) is 0 Å². The maximum atomic E-state index is 12.6. The summed E-state index contributed by atoms with van der Waals surface area (Å²) in [6.45, 7) is 7.28. The van der Waals surface area contributed by atoms with Crippen molar-refractivity contribution in [2.24, 2.45) is 0 Å². The van der Waals surface area contributed by atoms with Crippen LogP contribution in [-0.4, -0.2) is 46.3 Å². The second-order valence-electron chi connectivity index (χ2n) is 8.16. The third-order valence-corrected chi connectivity index (χ3v) is 6.62. The largest absolute Gasteiger partial charge is 0.379 e. The zero-order valence-electron chi connectivity index (χ0n) is 16.7. The summed E-state index contributed by atoms with van der Waals surface area (Å²) < 4.78 is 7.82. The summed E-state index contributed by atoms with van der Waals surface area (Å²) in [6, 6.07) is 7.37. The maximum Gasteiger partial charge on any atom is 0.326 e. The van der Waals surface area contributed by atoms with Gasteiger partial charge in [-0.15, -0.1) is 0 Å². The van der Waals surface area contributed by atoms with Crippen molar-refractivity contribution in [2.75, 3.05) is 19.7 Å². The number of nitrogens with one attached hydrogen (secondary N) is 1. The highest BCUT2D eigenvalue weighted by Crippen LogP contribution is 2.31. The molecule has 2 aliphatic rings. The summed E-state index contributed by atoms with van der Waals surface area (Å²) in [6.07, 6.45) is 8.49. The lowest BCUT2D eigenvalue weighted by Gasteiger charge is -2.41. The Kier molecular flexibility index (Phi) is 5.69. The van der Waals surface area contributed by atoms with E-state index in [0.29, 0.717) is 18.2 Å². The summed E-state index contributed by atoms with van der Waals surface area (Å²) in [5.74, 6) is 0. The second kappa shape index (κ2) is 8.19. The van der Waals surface area contributed by atoms with E-state index < -0.39 is 0 Å². The van der Waals surface area contributed by atoms with E-state index in [1.807, 2.05) is 4.57 Å². The summed E-state index contributed by atoms with van der Waals surface area (Å²) in [7, 11) is 0. The molecule has 5 heteroatoms. The van der Waals surface area contributed by atoms with E-state index in [0.717, 1.165) is 50.0 Å². The number of rotatable bonds is 5. The van der Waals surface area contributed by atoms with Gasteiger partial charge < -0.3 is 14.6 Å². The third-order valence-electron chi connectivity index (χ3n) is 6.62. The van der Waals surface area contributed by atoms with Crippen LogP contribution in [0.1, 0.15) is 64.0 Å². The molecule has 0 unspecified atom stereocenters. The van der Waals surface area contributed by atoms with Crippen molar-refractivity contribution in [1.29, 1.82) is 0 Å². The van der Waals surface area contributed by atoms with Gasteiger partial charge in [0.2, 0.25) is 0 Å². The van der Waals surface area contributed by atoms with E-state index in [1.54, 1.807) is 0 Å². The molecule has 1 aliphatic heterocycles. The number of aryl methyl sites for hydroxylation is 1. The molecule has 4 rings (SSSR count). The van der Waals surface area contributed by atoms with Crippen molar-refractivity contribution >= 4 is 11.0 Å². The van der Waals surface area contributed by atoms with Crippen LogP contribution < -0.4 is 5.69 Å². The fraction of sp³-hybridized carbons (Fsp3) is 0.682. The molecule has 27 heavy (non-hydrogen) atoms. The minimum atomic E-state index is 0.0499. The number of likely N-dealkylation sites (tertiary alicyclic amines) is 1. The number of fused-ring (bicyclic) bond motifs is 1. The first-order chi connectivity index (χ1) is 13.2. The number of piperidine rings is 1. The molecule has 2 aromatic rings. The van der Waals surface area contributed by atoms with Crippen LogP contribution >= 0.6 is 0 Å². The molecule has 1 aromatic heterocycles. The Labute approximate surface area is 161 Å². The minimum Gasteiger partial charge on any atom is -0.379 e. The van der Waals surface area contributed by atoms with Crippen LogP contribution in [0.4, 0.5) is 0 Å². The topological polar surface area (TPSA) is 50.3 Å². The molecule has 1 aliphatic carbocycles. The van der Waals surface area contributed by atoms with Gasteiger partial charge >= 0.3 is 5.69 Å². The lowest BCUT2D eigenvalue weighted by molar-refractivity contribution is 0.00796. The Hall–Kier alpha value is -1.59. The van der Waals surface area contributed by atoms with Gasteiger partial charge in [0.15, 0.2) is 0 Å². The number of aromatic nitrogens is 2. The van der Waals surface area contributed by atoms with Crippen LogP contribution in [0.15, 0.2) is 23.0 Å². The Morgan fingerprint density at radius 2 is 1.78 bits per heavy atom. The van der Waals surface area contributed by atoms with Gasteiger partial charge in [0.25, 0.3) is 0 Å². The smallest absolute Gasteiger partial charge is 0.326 e. The van der Waals surface area contributed by atoms with Gasteiger partial charge in [-0.2, -0.15) is 0 Å². The summed E-state index contributed by atoms with van der Waals surface area (Å²) >= 11 is 0. The summed E-state index contributed by atoms with van der Waals surface area (Å²) in [5.41, 5.74) is 3.39. The Morgan fingerprint density at radius 1 is 1.04 bits per heavy atom. The first kappa shape index (κ1) is 18.8. The predicted molar refractivity (Wildman–Crippen MR) is 109 cm³/mol. The van der Waals surface area contributed by atoms with Crippen LogP contribution in [0.2, 0.25) is 0 Å². The van der Waals surface area contributed by atoms with E-state index >= 15 is 0 Å². The van der Waals surface area contributed by atoms with E-state index in [9.17, 15) is 4.79 Å². The first-order valence-corrected chi connectivity index (χ1v) is 10.8. The standard InChI is InChI=1S/C22H33N3O2/c1-3-16-5-10-20-21(15-16)25(22(26)23-20)18-11-13-24(14-12-18)17-6-8-19(9-7-17)27-4-2/h5,10,15,17-19H,3-4,6-9,11-14H2,1-2H3,(H,23,26). The van der Waals surface area contributed by atoms with Crippen molar-refractivity contribution < 1.29 is 4.74 Å².